The smallest absolute Gasteiger partial charge is 0.133 e. The van der Waals surface area contributed by atoms with Crippen molar-refractivity contribution in [2.75, 3.05) is 18.0 Å². The van der Waals surface area contributed by atoms with Crippen LogP contribution in [-0.4, -0.2) is 37.2 Å². The molecule has 1 aromatic heterocycles. The molecule has 2 rings (SSSR count). The summed E-state index contributed by atoms with van der Waals surface area (Å²) in [5.41, 5.74) is 8.01. The van der Waals surface area contributed by atoms with Gasteiger partial charge in [0.25, 0.3) is 0 Å². The van der Waals surface area contributed by atoms with Gasteiger partial charge < -0.3 is 10.6 Å². The molecule has 21 heavy (non-hydrogen) atoms. The van der Waals surface area contributed by atoms with Crippen LogP contribution in [0.2, 0.25) is 0 Å². The van der Waals surface area contributed by atoms with Gasteiger partial charge in [0.1, 0.15) is 18.2 Å². The fourth-order valence-electron chi connectivity index (χ4n) is 2.83. The minimum Gasteiger partial charge on any atom is -0.355 e. The molecule has 1 fully saturated rings. The molecule has 2 N–H and O–H groups in total. The molecule has 0 aromatic carbocycles. The van der Waals surface area contributed by atoms with Crippen molar-refractivity contribution < 1.29 is 0 Å². The van der Waals surface area contributed by atoms with Crippen molar-refractivity contribution in [2.45, 2.75) is 26.3 Å². The topological polar surface area (TPSA) is 90.7 Å². The molecule has 0 amide bonds. The van der Waals surface area contributed by atoms with Crippen LogP contribution < -0.4 is 10.6 Å². The quantitative estimate of drug-likeness (QED) is 0.676. The Bertz CT molecular complexity index is 591. The fraction of sp³-hybridized carbons (Fsp3) is 0.467. The number of pyridine rings is 1. The van der Waals surface area contributed by atoms with Crippen LogP contribution in [0.3, 0.4) is 0 Å². The summed E-state index contributed by atoms with van der Waals surface area (Å²) < 4.78 is 0. The number of aliphatic imine (C=N–C) groups is 2. The van der Waals surface area contributed by atoms with Gasteiger partial charge in [0, 0.05) is 30.9 Å². The third-order valence-electron chi connectivity index (χ3n) is 3.64. The van der Waals surface area contributed by atoms with E-state index in [4.69, 9.17) is 5.73 Å². The first-order valence-corrected chi connectivity index (χ1v) is 6.95. The summed E-state index contributed by atoms with van der Waals surface area (Å²) >= 11 is 0. The van der Waals surface area contributed by atoms with Gasteiger partial charge in [0.15, 0.2) is 0 Å². The SMILES string of the molecule is C=N/C=N\c1c(C#N)cnc(N2C[C@@H](C)C[C@@H](N)C2)c1C. The number of nitriles is 1. The van der Waals surface area contributed by atoms with Gasteiger partial charge in [-0.25, -0.2) is 9.98 Å². The van der Waals surface area contributed by atoms with E-state index in [0.717, 1.165) is 30.9 Å². The van der Waals surface area contributed by atoms with Crippen molar-refractivity contribution in [3.05, 3.63) is 17.3 Å². The van der Waals surface area contributed by atoms with Gasteiger partial charge in [-0.15, -0.1) is 0 Å². The molecule has 1 aromatic rings. The Morgan fingerprint density at radius 3 is 2.95 bits per heavy atom. The lowest BCUT2D eigenvalue weighted by Gasteiger charge is -2.36. The van der Waals surface area contributed by atoms with Gasteiger partial charge in [0.2, 0.25) is 0 Å². The van der Waals surface area contributed by atoms with E-state index in [2.05, 4.69) is 39.6 Å². The summed E-state index contributed by atoms with van der Waals surface area (Å²) in [4.78, 5) is 14.4. The zero-order valence-corrected chi connectivity index (χ0v) is 12.5. The molecule has 1 aliphatic rings. The van der Waals surface area contributed by atoms with E-state index >= 15 is 0 Å². The van der Waals surface area contributed by atoms with Gasteiger partial charge in [0.05, 0.1) is 11.3 Å². The molecule has 0 saturated carbocycles. The minimum atomic E-state index is 0.146. The molecule has 0 radical (unpaired) electrons. The van der Waals surface area contributed by atoms with Crippen LogP contribution in [0.15, 0.2) is 16.2 Å². The van der Waals surface area contributed by atoms with Crippen molar-refractivity contribution >= 4 is 24.6 Å². The number of hydrogen-bond acceptors (Lipinski definition) is 5. The molecule has 2 atom stereocenters. The molecular formula is C15H20N6. The third kappa shape index (κ3) is 3.26. The van der Waals surface area contributed by atoms with E-state index in [1.165, 1.54) is 6.34 Å². The van der Waals surface area contributed by atoms with Gasteiger partial charge >= 0.3 is 0 Å². The van der Waals surface area contributed by atoms with Crippen LogP contribution >= 0.6 is 0 Å². The molecule has 0 aliphatic carbocycles. The number of nitrogens with zero attached hydrogens (tertiary/aromatic N) is 5. The summed E-state index contributed by atoms with van der Waals surface area (Å²) in [6.07, 6.45) is 3.93. The number of rotatable bonds is 3. The largest absolute Gasteiger partial charge is 0.355 e. The van der Waals surface area contributed by atoms with Gasteiger partial charge in [-0.2, -0.15) is 5.26 Å². The predicted octanol–water partition coefficient (Wildman–Crippen LogP) is 1.80. The van der Waals surface area contributed by atoms with E-state index in [9.17, 15) is 5.26 Å². The van der Waals surface area contributed by atoms with Crippen molar-refractivity contribution in [3.63, 3.8) is 0 Å². The van der Waals surface area contributed by atoms with E-state index in [1.807, 2.05) is 6.92 Å². The first-order valence-electron chi connectivity index (χ1n) is 6.95. The molecule has 0 unspecified atom stereocenters. The Morgan fingerprint density at radius 2 is 2.33 bits per heavy atom. The van der Waals surface area contributed by atoms with Crippen LogP contribution in [0.4, 0.5) is 11.5 Å². The summed E-state index contributed by atoms with van der Waals surface area (Å²) in [6, 6.07) is 2.26. The van der Waals surface area contributed by atoms with E-state index in [1.54, 1.807) is 6.20 Å². The summed E-state index contributed by atoms with van der Waals surface area (Å²) in [6.45, 7) is 9.16. The Morgan fingerprint density at radius 1 is 1.57 bits per heavy atom. The molecule has 0 spiro atoms. The van der Waals surface area contributed by atoms with E-state index < -0.39 is 0 Å². The fourth-order valence-corrected chi connectivity index (χ4v) is 2.83. The molecule has 1 aliphatic heterocycles. The standard InChI is InChI=1S/C15H20N6/c1-10-4-13(17)8-21(7-10)15-11(2)14(20-9-18-3)12(5-16)6-19-15/h6,9-10,13H,3-4,7-8,17H2,1-2H3/b20-9-/t10-,13+/m0/s1. The lowest BCUT2D eigenvalue weighted by molar-refractivity contribution is 0.399. The Hall–Kier alpha value is -2.26. The molecule has 2 heterocycles. The third-order valence-corrected chi connectivity index (χ3v) is 3.64. The van der Waals surface area contributed by atoms with Crippen LogP contribution in [0.1, 0.15) is 24.5 Å². The van der Waals surface area contributed by atoms with Crippen LogP contribution in [0, 0.1) is 24.2 Å². The maximum atomic E-state index is 9.18. The summed E-state index contributed by atoms with van der Waals surface area (Å²) in [5, 5.41) is 9.18. The van der Waals surface area contributed by atoms with Crippen molar-refractivity contribution in [2.24, 2.45) is 21.6 Å². The van der Waals surface area contributed by atoms with Gasteiger partial charge in [-0.05, 0) is 26.0 Å². The second-order valence-electron chi connectivity index (χ2n) is 5.51. The first-order chi connectivity index (χ1) is 10.1. The maximum absolute atomic E-state index is 9.18. The highest BCUT2D eigenvalue weighted by atomic mass is 15.2. The Labute approximate surface area is 125 Å². The van der Waals surface area contributed by atoms with Crippen LogP contribution in [0.5, 0.6) is 0 Å². The van der Waals surface area contributed by atoms with Crippen LogP contribution in [0.25, 0.3) is 0 Å². The highest BCUT2D eigenvalue weighted by Crippen LogP contribution is 2.32. The first kappa shape index (κ1) is 15.1. The van der Waals surface area contributed by atoms with Gasteiger partial charge in [-0.1, -0.05) is 6.92 Å². The lowest BCUT2D eigenvalue weighted by Crippen LogP contribution is -2.47. The summed E-state index contributed by atoms with van der Waals surface area (Å²) in [5.74, 6) is 1.36. The number of nitrogens with two attached hydrogens (primary N) is 1. The number of aromatic nitrogens is 1. The summed E-state index contributed by atoms with van der Waals surface area (Å²) in [7, 11) is 0. The zero-order chi connectivity index (χ0) is 15.4. The highest BCUT2D eigenvalue weighted by molar-refractivity contribution is 5.73. The predicted molar refractivity (Wildman–Crippen MR) is 85.4 cm³/mol. The van der Waals surface area contributed by atoms with Crippen molar-refractivity contribution in [3.8, 4) is 6.07 Å². The van der Waals surface area contributed by atoms with Gasteiger partial charge in [-0.3, -0.25) is 4.99 Å². The average Bonchev–Trinajstić information content (AvgIpc) is 2.44. The number of piperidine rings is 1. The Balaban J connectivity index is 2.43. The molecule has 6 heteroatoms. The molecule has 0 bridgehead atoms. The maximum Gasteiger partial charge on any atom is 0.133 e. The number of hydrogen-bond donors (Lipinski definition) is 1. The van der Waals surface area contributed by atoms with Crippen LogP contribution in [-0.2, 0) is 0 Å². The lowest BCUT2D eigenvalue weighted by atomic mass is 9.96. The highest BCUT2D eigenvalue weighted by Gasteiger charge is 2.25. The minimum absolute atomic E-state index is 0.146. The molecule has 6 nitrogen and oxygen atoms in total. The van der Waals surface area contributed by atoms with E-state index in [0.29, 0.717) is 17.2 Å². The second-order valence-corrected chi connectivity index (χ2v) is 5.51. The normalized spacial score (nSPS) is 22.3. The molecular weight excluding hydrogens is 264 g/mol. The van der Waals surface area contributed by atoms with Crippen molar-refractivity contribution in [1.82, 2.24) is 4.98 Å². The average molecular weight is 284 g/mol. The van der Waals surface area contributed by atoms with Crippen molar-refractivity contribution in [1.29, 1.82) is 5.26 Å². The second kappa shape index (κ2) is 6.46. The van der Waals surface area contributed by atoms with E-state index in [-0.39, 0.29) is 6.04 Å². The number of anilines is 1. The Kier molecular flexibility index (Phi) is 4.66. The molecule has 110 valence electrons. The monoisotopic (exact) mass is 284 g/mol. The molecule has 1 saturated heterocycles. The zero-order valence-electron chi connectivity index (χ0n) is 12.5.